The Kier molecular flexibility index (Phi) is 7.47. The Balaban J connectivity index is 1.32. The predicted molar refractivity (Wildman–Crippen MR) is 160 cm³/mol. The molecule has 1 aliphatic heterocycles. The second-order valence-corrected chi connectivity index (χ2v) is 17.5. The molecule has 6 aliphatic rings. The largest absolute Gasteiger partial charge is 0.396 e. The van der Waals surface area contributed by atoms with Crippen LogP contribution in [0.25, 0.3) is 0 Å². The van der Waals surface area contributed by atoms with Crippen LogP contribution in [0.15, 0.2) is 11.6 Å². The first-order valence-corrected chi connectivity index (χ1v) is 16.8. The van der Waals surface area contributed by atoms with Crippen LogP contribution in [0.2, 0.25) is 0 Å². The molecule has 0 aromatic rings. The highest BCUT2D eigenvalue weighted by Gasteiger charge is 2.70. The lowest BCUT2D eigenvalue weighted by Gasteiger charge is -2.72. The Labute approximate surface area is 253 Å². The third-order valence-electron chi connectivity index (χ3n) is 15.0. The topological polar surface area (TPSA) is 120 Å². The van der Waals surface area contributed by atoms with Gasteiger partial charge in [0.25, 0.3) is 0 Å². The Hall–Kier alpha value is -0.540. The fraction of sp³-hybridized carbons (Fsp3) is 0.943. The summed E-state index contributed by atoms with van der Waals surface area (Å²) in [5.74, 6) is 1.08. The Morgan fingerprint density at radius 2 is 1.57 bits per heavy atom. The van der Waals surface area contributed by atoms with Crippen LogP contribution in [0.5, 0.6) is 0 Å². The Morgan fingerprint density at radius 1 is 0.857 bits per heavy atom. The van der Waals surface area contributed by atoms with E-state index >= 15 is 0 Å². The molecule has 42 heavy (non-hydrogen) atoms. The zero-order chi connectivity index (χ0) is 30.7. The molecule has 0 bridgehead atoms. The monoisotopic (exact) mass is 590 g/mol. The van der Waals surface area contributed by atoms with E-state index in [0.717, 1.165) is 32.1 Å². The molecule has 1 saturated heterocycles. The summed E-state index contributed by atoms with van der Waals surface area (Å²) in [7, 11) is 0. The predicted octanol–water partition coefficient (Wildman–Crippen LogP) is 4.58. The molecular formula is C35H58O7. The van der Waals surface area contributed by atoms with Gasteiger partial charge in [0, 0.05) is 10.8 Å². The van der Waals surface area contributed by atoms with Gasteiger partial charge in [-0.2, -0.15) is 0 Å². The third-order valence-corrected chi connectivity index (χ3v) is 15.0. The van der Waals surface area contributed by atoms with Crippen LogP contribution in [-0.2, 0) is 9.47 Å². The number of fused-ring (bicyclic) bond motifs is 7. The van der Waals surface area contributed by atoms with Crippen molar-refractivity contribution in [1.29, 1.82) is 0 Å². The molecule has 0 radical (unpaired) electrons. The minimum Gasteiger partial charge on any atom is -0.396 e. The van der Waals surface area contributed by atoms with Crippen molar-refractivity contribution in [3.8, 4) is 0 Å². The van der Waals surface area contributed by atoms with Gasteiger partial charge in [0.05, 0.1) is 25.4 Å². The number of hydrogen-bond donors (Lipinski definition) is 5. The van der Waals surface area contributed by atoms with Crippen molar-refractivity contribution in [3.05, 3.63) is 11.6 Å². The van der Waals surface area contributed by atoms with Gasteiger partial charge in [0.15, 0.2) is 6.29 Å². The summed E-state index contributed by atoms with van der Waals surface area (Å²) in [4.78, 5) is 0. The van der Waals surface area contributed by atoms with Crippen LogP contribution in [0, 0.1) is 50.2 Å². The van der Waals surface area contributed by atoms with Crippen LogP contribution in [0.3, 0.4) is 0 Å². The minimum absolute atomic E-state index is 0.0351. The second-order valence-electron chi connectivity index (χ2n) is 17.5. The van der Waals surface area contributed by atoms with E-state index in [4.69, 9.17) is 9.47 Å². The SMILES string of the molecule is CC1(C)CCC2(C)CC(O)C3(C)C(=CCC4C5(C)CCC(OC6OC(CO)C(O)C6O)C(C)(CO)C5CCC43C)C2C1. The number of aliphatic hydroxyl groups excluding tert-OH is 5. The lowest BCUT2D eigenvalue weighted by atomic mass is 9.33. The molecule has 0 aromatic carbocycles. The molecule has 4 saturated carbocycles. The standard InChI is InChI=1S/C35H58O7/c1-30(2)14-15-31(3)17-25(38)35(7)20(21(31)16-30)8-9-24-32(4)12-11-26(42-29-28(40)27(39)22(18-36)41-29)33(5,19-37)23(32)10-13-34(24,35)6/h8,21-29,36-40H,9-19H2,1-7H3. The summed E-state index contributed by atoms with van der Waals surface area (Å²) in [5.41, 5.74) is 1.07. The smallest absolute Gasteiger partial charge is 0.186 e. The molecule has 5 N–H and O–H groups in total. The number of allylic oxidation sites excluding steroid dienone is 1. The van der Waals surface area contributed by atoms with E-state index < -0.39 is 36.6 Å². The summed E-state index contributed by atoms with van der Waals surface area (Å²) in [6, 6.07) is 0. The Morgan fingerprint density at radius 3 is 2.21 bits per heavy atom. The molecule has 1 heterocycles. The maximum absolute atomic E-state index is 12.1. The molecule has 7 heteroatoms. The highest BCUT2D eigenvalue weighted by atomic mass is 16.7. The van der Waals surface area contributed by atoms with Gasteiger partial charge in [-0.3, -0.25) is 0 Å². The van der Waals surface area contributed by atoms with Gasteiger partial charge in [-0.25, -0.2) is 0 Å². The lowest BCUT2D eigenvalue weighted by molar-refractivity contribution is -0.273. The van der Waals surface area contributed by atoms with E-state index in [-0.39, 0.29) is 46.4 Å². The summed E-state index contributed by atoms with van der Waals surface area (Å²) in [5, 5.41) is 53.6. The third kappa shape index (κ3) is 4.09. The van der Waals surface area contributed by atoms with E-state index in [0.29, 0.717) is 23.7 Å². The highest BCUT2D eigenvalue weighted by Crippen LogP contribution is 2.75. The van der Waals surface area contributed by atoms with E-state index in [1.807, 2.05) is 0 Å². The fourth-order valence-corrected chi connectivity index (χ4v) is 12.0. The molecular weight excluding hydrogens is 532 g/mol. The van der Waals surface area contributed by atoms with Crippen LogP contribution >= 0.6 is 0 Å². The molecule has 0 amide bonds. The van der Waals surface area contributed by atoms with Crippen molar-refractivity contribution in [2.24, 2.45) is 50.2 Å². The van der Waals surface area contributed by atoms with Crippen LogP contribution < -0.4 is 0 Å². The molecule has 7 nitrogen and oxygen atoms in total. The van der Waals surface area contributed by atoms with E-state index in [1.165, 1.54) is 24.8 Å². The van der Waals surface area contributed by atoms with Crippen molar-refractivity contribution in [2.45, 2.75) is 143 Å². The van der Waals surface area contributed by atoms with Crippen molar-refractivity contribution in [2.75, 3.05) is 13.2 Å². The number of rotatable bonds is 4. The molecule has 240 valence electrons. The van der Waals surface area contributed by atoms with Crippen molar-refractivity contribution in [3.63, 3.8) is 0 Å². The molecule has 14 atom stereocenters. The van der Waals surface area contributed by atoms with Crippen LogP contribution in [0.4, 0.5) is 0 Å². The normalized spacial score (nSPS) is 57.0. The van der Waals surface area contributed by atoms with E-state index in [9.17, 15) is 25.5 Å². The lowest BCUT2D eigenvalue weighted by Crippen LogP contribution is -2.68. The number of ether oxygens (including phenoxy) is 2. The molecule has 5 aliphatic carbocycles. The average Bonchev–Trinajstić information content (AvgIpc) is 3.20. The van der Waals surface area contributed by atoms with Crippen LogP contribution in [-0.4, -0.2) is 75.6 Å². The first-order valence-electron chi connectivity index (χ1n) is 16.8. The minimum atomic E-state index is -1.24. The average molecular weight is 591 g/mol. The van der Waals surface area contributed by atoms with Gasteiger partial charge in [-0.05, 0) is 97.2 Å². The summed E-state index contributed by atoms with van der Waals surface area (Å²) < 4.78 is 12.1. The van der Waals surface area contributed by atoms with Gasteiger partial charge >= 0.3 is 0 Å². The zero-order valence-electron chi connectivity index (χ0n) is 27.1. The van der Waals surface area contributed by atoms with Gasteiger partial charge in [0.1, 0.15) is 18.3 Å². The van der Waals surface area contributed by atoms with Crippen molar-refractivity contribution >= 4 is 0 Å². The first-order chi connectivity index (χ1) is 19.5. The van der Waals surface area contributed by atoms with Gasteiger partial charge < -0.3 is 35.0 Å². The van der Waals surface area contributed by atoms with Gasteiger partial charge in [0.2, 0.25) is 0 Å². The number of hydrogen-bond acceptors (Lipinski definition) is 7. The zero-order valence-corrected chi connectivity index (χ0v) is 27.1. The van der Waals surface area contributed by atoms with Gasteiger partial charge in [-0.15, -0.1) is 0 Å². The second kappa shape index (κ2) is 9.98. The quantitative estimate of drug-likeness (QED) is 0.304. The summed E-state index contributed by atoms with van der Waals surface area (Å²) in [6.45, 7) is 16.3. The van der Waals surface area contributed by atoms with Gasteiger partial charge in [-0.1, -0.05) is 60.1 Å². The first kappa shape index (κ1) is 31.4. The summed E-state index contributed by atoms with van der Waals surface area (Å²) >= 11 is 0. The molecule has 14 unspecified atom stereocenters. The van der Waals surface area contributed by atoms with Crippen molar-refractivity contribution in [1.82, 2.24) is 0 Å². The maximum Gasteiger partial charge on any atom is 0.186 e. The summed E-state index contributed by atoms with van der Waals surface area (Å²) in [6.07, 6.45) is 6.57. The molecule has 5 fully saturated rings. The Bertz CT molecular complexity index is 1090. The van der Waals surface area contributed by atoms with E-state index in [2.05, 4.69) is 54.5 Å². The maximum atomic E-state index is 12.1. The molecule has 0 spiro atoms. The highest BCUT2D eigenvalue weighted by molar-refractivity contribution is 5.35. The fourth-order valence-electron chi connectivity index (χ4n) is 12.0. The van der Waals surface area contributed by atoms with E-state index in [1.54, 1.807) is 0 Å². The number of aliphatic hydroxyl groups is 5. The van der Waals surface area contributed by atoms with Crippen LogP contribution in [0.1, 0.15) is 106 Å². The van der Waals surface area contributed by atoms with Crippen molar-refractivity contribution < 1.29 is 35.0 Å². The molecule has 6 rings (SSSR count). The molecule has 0 aromatic heterocycles.